The molecule has 22 nitrogen and oxygen atoms in total. The summed E-state index contributed by atoms with van der Waals surface area (Å²) in [4.78, 5) is 115. The van der Waals surface area contributed by atoms with E-state index in [1.165, 1.54) is 12.5 Å². The zero-order valence-corrected chi connectivity index (χ0v) is 70.6. The van der Waals surface area contributed by atoms with Gasteiger partial charge >= 0.3 is 36.8 Å². The Morgan fingerprint density at radius 2 is 0.807 bits per heavy atom. The molecule has 12 aliphatic rings. The third kappa shape index (κ3) is 20.4. The molecule has 14 rings (SSSR count). The molecular formula is C87H124Cl4LiN5O17. The Kier molecular flexibility index (Phi) is 34.6. The van der Waals surface area contributed by atoms with Gasteiger partial charge in [-0.25, -0.2) is 0 Å². The number of aliphatic hydroxyl groups excluding tert-OH is 2. The van der Waals surface area contributed by atoms with Crippen LogP contribution in [0.4, 0.5) is 11.4 Å². The largest absolute Gasteiger partial charge is 1.00 e. The predicted octanol–water partition coefficient (Wildman–Crippen LogP) is 10.4. The Hall–Kier alpha value is -5.67. The van der Waals surface area contributed by atoms with Crippen LogP contribution in [-0.2, 0) is 52.6 Å². The molecule has 18 atom stereocenters. The first kappa shape index (κ1) is 95.5. The number of Topliss-reactive ketones (excluding diaryl/α,β-unsaturated/α-hetero) is 3. The van der Waals surface area contributed by atoms with Crippen molar-refractivity contribution in [2.24, 2.45) is 85.8 Å². The van der Waals surface area contributed by atoms with Gasteiger partial charge in [-0.15, -0.1) is 46.4 Å². The van der Waals surface area contributed by atoms with Crippen LogP contribution in [-0.4, -0.2) is 182 Å². The number of nitrogens with zero attached hydrogens (tertiary/aromatic N) is 2. The minimum Gasteiger partial charge on any atom is -0.870 e. The van der Waals surface area contributed by atoms with Crippen molar-refractivity contribution in [3.05, 3.63) is 83.5 Å². The molecule has 9 aliphatic carbocycles. The second kappa shape index (κ2) is 41.3. The first-order valence-electron chi connectivity index (χ1n) is 40.4. The number of allylic oxidation sites excluding steroid dienone is 3. The third-order valence-corrected chi connectivity index (χ3v) is 29.0. The summed E-state index contributed by atoms with van der Waals surface area (Å²) < 4.78 is 22.8. The molecule has 2 aromatic carbocycles. The number of ether oxygens (including phenoxy) is 4. The molecular weight excluding hydrogens is 1540 g/mol. The average molecular weight is 1660 g/mol. The number of anilines is 2. The number of carboxylic acids is 1. The van der Waals surface area contributed by atoms with Gasteiger partial charge in [-0.05, 0) is 180 Å². The van der Waals surface area contributed by atoms with Crippen molar-refractivity contribution in [2.45, 2.75) is 203 Å². The number of aliphatic hydroxyl groups is 2. The summed E-state index contributed by atoms with van der Waals surface area (Å²) in [5, 5.41) is 34.8. The van der Waals surface area contributed by atoms with Crippen molar-refractivity contribution >= 4 is 111 Å². The van der Waals surface area contributed by atoms with Crippen LogP contribution in [0, 0.1) is 85.8 Å². The molecule has 0 bridgehead atoms. The normalized spacial score (nSPS) is 33.6. The molecule has 9 saturated carbocycles. The number of rotatable bonds is 20. The minimum absolute atomic E-state index is 0. The van der Waals surface area contributed by atoms with E-state index in [9.17, 15) is 48.3 Å². The van der Waals surface area contributed by atoms with E-state index in [1.54, 1.807) is 18.2 Å². The summed E-state index contributed by atoms with van der Waals surface area (Å²) in [6, 6.07) is 15.1. The Morgan fingerprint density at radius 3 is 1.15 bits per heavy atom. The monoisotopic (exact) mass is 1660 g/mol. The van der Waals surface area contributed by atoms with E-state index in [1.807, 2.05) is 48.5 Å². The Balaban J connectivity index is 0.000000216. The van der Waals surface area contributed by atoms with E-state index in [0.717, 1.165) is 139 Å². The maximum absolute atomic E-state index is 13.8. The SMILES string of the molecule is C.CC(=O)O[C@H]1CC[C@H]2[C@@H]3CCC4=CC(=O)NCC[C@]4(C)[C@H]3C(=O)C[C@]12C.CO.C[C@]12CC(=O)[C@H]3[C@@H](CCC4=CC(=O)NCC[C@@]43C)[C@@H]1CC[C@@H]2O.C[C@]12CC(=O)[C@H]3[C@@H](CCC4=CC(=O)NCC[C@@]43C)[C@@H]1CC[C@@H]2OC(=O)CCOc1ccc(N(CCCl)CCCl)cc1.O=C(O)CCOc1ccc(N(CCCl)CCCl)cc1.[Li+].[OH-]. The zero-order chi connectivity index (χ0) is 80.4. The quantitative estimate of drug-likeness (QED) is 0.0408. The predicted molar refractivity (Wildman–Crippen MR) is 438 cm³/mol. The number of carbonyl (C=O) groups excluding carboxylic acids is 8. The van der Waals surface area contributed by atoms with Crippen molar-refractivity contribution in [1.29, 1.82) is 0 Å². The molecule has 0 spiro atoms. The number of esters is 2. The number of alkyl halides is 4. The maximum atomic E-state index is 13.8. The van der Waals surface area contributed by atoms with Crippen LogP contribution in [0.15, 0.2) is 83.5 Å². The van der Waals surface area contributed by atoms with Crippen LogP contribution < -0.4 is 54.1 Å². The van der Waals surface area contributed by atoms with Gasteiger partial charge in [-0.3, -0.25) is 43.2 Å². The van der Waals surface area contributed by atoms with Gasteiger partial charge in [-0.2, -0.15) is 0 Å². The summed E-state index contributed by atoms with van der Waals surface area (Å²) in [5.41, 5.74) is 3.99. The topological polar surface area (TPSA) is 324 Å². The van der Waals surface area contributed by atoms with E-state index >= 15 is 0 Å². The second-order valence-corrected chi connectivity index (χ2v) is 35.8. The van der Waals surface area contributed by atoms with Crippen molar-refractivity contribution in [2.75, 3.05) is 99.5 Å². The van der Waals surface area contributed by atoms with Gasteiger partial charge in [0.25, 0.3) is 0 Å². The van der Waals surface area contributed by atoms with E-state index in [2.05, 4.69) is 67.3 Å². The van der Waals surface area contributed by atoms with Gasteiger partial charge in [0.15, 0.2) is 0 Å². The smallest absolute Gasteiger partial charge is 0.870 e. The number of aliphatic carboxylic acids is 1. The Bertz CT molecular complexity index is 3780. The number of ketones is 3. The summed E-state index contributed by atoms with van der Waals surface area (Å²) in [6.07, 6.45) is 19.6. The summed E-state index contributed by atoms with van der Waals surface area (Å²) in [6.45, 7) is 19.6. The third-order valence-electron chi connectivity index (χ3n) is 28.4. The molecule has 3 aliphatic heterocycles. The summed E-state index contributed by atoms with van der Waals surface area (Å²) in [7, 11) is 1.00. The van der Waals surface area contributed by atoms with Crippen molar-refractivity contribution in [1.82, 2.24) is 16.0 Å². The first-order valence-corrected chi connectivity index (χ1v) is 42.6. The molecule has 2 aromatic rings. The van der Waals surface area contributed by atoms with Gasteiger partial charge in [-0.1, -0.05) is 65.7 Å². The van der Waals surface area contributed by atoms with Gasteiger partial charge in [0.2, 0.25) is 17.7 Å². The van der Waals surface area contributed by atoms with E-state index < -0.39 is 5.97 Å². The molecule has 0 radical (unpaired) electrons. The van der Waals surface area contributed by atoms with E-state index in [4.69, 9.17) is 75.6 Å². The minimum atomic E-state index is -0.868. The van der Waals surface area contributed by atoms with Crippen LogP contribution in [0.25, 0.3) is 0 Å². The number of hydrogen-bond acceptors (Lipinski definition) is 18. The van der Waals surface area contributed by atoms with Gasteiger partial charge in [0.05, 0.1) is 32.2 Å². The van der Waals surface area contributed by atoms with Gasteiger partial charge in [0, 0.05) is 182 Å². The molecule has 628 valence electrons. The molecule has 3 amide bonds. The molecule has 0 unspecified atom stereocenters. The molecule has 9 fully saturated rings. The second-order valence-electron chi connectivity index (χ2n) is 34.3. The van der Waals surface area contributed by atoms with Crippen molar-refractivity contribution in [3.63, 3.8) is 0 Å². The van der Waals surface area contributed by atoms with E-state index in [-0.39, 0.29) is 168 Å². The molecule has 114 heavy (non-hydrogen) atoms. The van der Waals surface area contributed by atoms with Crippen LogP contribution in [0.1, 0.15) is 184 Å². The number of carbonyl (C=O) groups is 9. The van der Waals surface area contributed by atoms with Gasteiger partial charge < -0.3 is 65.5 Å². The number of amides is 3. The number of halogens is 4. The fraction of sp³-hybridized carbons (Fsp3) is 0.690. The van der Waals surface area contributed by atoms with Crippen LogP contribution in [0.2, 0.25) is 0 Å². The molecule has 0 saturated heterocycles. The molecule has 7 N–H and O–H groups in total. The standard InChI is InChI=1S/C32H42Cl2N2O5.C21H29NO4.C19H27NO3.C13H17Cl2NO3.CH4O.CH4.Li.H2O/c1-31-12-15-35-28(38)19-21(31)3-8-24-25-9-10-27(32(25,2)20-26(37)30(24)31)41-29(39)11-18-40-23-6-4-22(5-7-23)36(16-13-33)17-14-34;1-12(23)26-17-7-6-15-14-5-4-13-10-18(25)22-9-8-20(13,2)19(14)16(24)11-21(15,17)3;1-18-7-8-20-16(23)9-11(18)3-4-12-13-5-6-15(22)19(13,2)10-14(21)17(12)18;14-6-8-16(9-7-15)11-1-3-12(4-2-11)19-10-5-13(17)18;1-2;;;/h4-7,19,24-25,27,30H,3,8-18,20H2,1-2H3,(H,35,38);10,14-15,17,19H,4-9,11H2,1-3H3,(H,22,25);9,12-13,15,17,22H,3-8,10H2,1-2H3,(H,20,23);1-4H,5-10H2,(H,17,18);2H,1H3;1H4;;1H2/q;;;;;;+1;/p-1/t24-,25-,27-,30+,31-,32-;14-,15-,17-,19+,20-,21-;12-,13-,15-,17+,18-,19-;;;;;/m000...../s1. The summed E-state index contributed by atoms with van der Waals surface area (Å²) >= 11 is 23.3. The van der Waals surface area contributed by atoms with Crippen molar-refractivity contribution in [3.8, 4) is 11.5 Å². The Labute approximate surface area is 706 Å². The number of nitrogens with one attached hydrogen (secondary N) is 3. The maximum Gasteiger partial charge on any atom is 1.00 e. The Morgan fingerprint density at radius 1 is 0.482 bits per heavy atom. The summed E-state index contributed by atoms with van der Waals surface area (Å²) in [5.74, 6) is 4.96. The number of hydrogen-bond donors (Lipinski definition) is 6. The average Bonchev–Trinajstić information content (AvgIpc) is 1.46. The molecule has 0 aromatic heterocycles. The molecule has 3 heterocycles. The van der Waals surface area contributed by atoms with Gasteiger partial charge in [0.1, 0.15) is 41.1 Å². The van der Waals surface area contributed by atoms with Crippen LogP contribution in [0.3, 0.4) is 0 Å². The molecule has 27 heteroatoms. The first-order chi connectivity index (χ1) is 53.0. The number of carboxylic acid groups (broad SMARTS) is 1. The fourth-order valence-electron chi connectivity index (χ4n) is 23.0. The zero-order valence-electron chi connectivity index (χ0n) is 67.6. The van der Waals surface area contributed by atoms with Crippen molar-refractivity contribution < 1.29 is 102 Å². The number of benzene rings is 2. The number of fused-ring (bicyclic) bond motifs is 15. The van der Waals surface area contributed by atoms with Crippen LogP contribution in [0.5, 0.6) is 11.5 Å². The van der Waals surface area contributed by atoms with E-state index in [0.29, 0.717) is 128 Å². The van der Waals surface area contributed by atoms with Crippen LogP contribution >= 0.6 is 46.4 Å². The fourth-order valence-corrected chi connectivity index (χ4v) is 23.8.